The molecule has 0 aromatic heterocycles. The minimum Gasteiger partial charge on any atom is -0.444 e. The van der Waals surface area contributed by atoms with Crippen LogP contribution in [-0.2, 0) is 16.1 Å². The van der Waals surface area contributed by atoms with Gasteiger partial charge in [-0.15, -0.1) is 0 Å². The Morgan fingerprint density at radius 2 is 1.83 bits per heavy atom. The minimum absolute atomic E-state index is 0.0884. The molecule has 1 rings (SSSR count). The van der Waals surface area contributed by atoms with Crippen molar-refractivity contribution in [3.63, 3.8) is 0 Å². The zero-order chi connectivity index (χ0) is 18.3. The Bertz CT molecular complexity index is 608. The van der Waals surface area contributed by atoms with Crippen LogP contribution in [0.25, 0.3) is 0 Å². The van der Waals surface area contributed by atoms with E-state index in [-0.39, 0.29) is 31.3 Å². The Balaban J connectivity index is 2.62. The standard InChI is InChI=1S/C17H25N3O4/c1-17(2,3)24-16(23)19-10-15(22)20(4)11-12-7-5-6-8-13(12)14(21)9-18/h5-8H,9-11,18H2,1-4H3,(H,19,23). The van der Waals surface area contributed by atoms with Gasteiger partial charge in [0, 0.05) is 19.2 Å². The summed E-state index contributed by atoms with van der Waals surface area (Å²) in [4.78, 5) is 36.9. The molecule has 0 aliphatic heterocycles. The molecule has 0 saturated carbocycles. The van der Waals surface area contributed by atoms with E-state index in [1.165, 1.54) is 4.90 Å². The first-order valence-corrected chi connectivity index (χ1v) is 7.66. The predicted octanol–water partition coefficient (Wildman–Crippen LogP) is 1.31. The van der Waals surface area contributed by atoms with Gasteiger partial charge in [-0.1, -0.05) is 24.3 Å². The van der Waals surface area contributed by atoms with E-state index >= 15 is 0 Å². The molecule has 3 N–H and O–H groups in total. The van der Waals surface area contributed by atoms with Gasteiger partial charge in [-0.25, -0.2) is 4.79 Å². The number of ketones is 1. The second-order valence-electron chi connectivity index (χ2n) is 6.39. The van der Waals surface area contributed by atoms with Crippen LogP contribution in [-0.4, -0.2) is 48.4 Å². The van der Waals surface area contributed by atoms with Crippen LogP contribution in [0.2, 0.25) is 0 Å². The average molecular weight is 335 g/mol. The van der Waals surface area contributed by atoms with Crippen LogP contribution in [0, 0.1) is 0 Å². The van der Waals surface area contributed by atoms with Crippen molar-refractivity contribution in [3.8, 4) is 0 Å². The van der Waals surface area contributed by atoms with Crippen molar-refractivity contribution in [1.29, 1.82) is 0 Å². The van der Waals surface area contributed by atoms with Crippen LogP contribution in [0.5, 0.6) is 0 Å². The van der Waals surface area contributed by atoms with Gasteiger partial charge in [0.05, 0.1) is 6.54 Å². The van der Waals surface area contributed by atoms with E-state index < -0.39 is 11.7 Å². The van der Waals surface area contributed by atoms with Crippen LogP contribution in [0.4, 0.5) is 4.79 Å². The summed E-state index contributed by atoms with van der Waals surface area (Å²) in [5.74, 6) is -0.478. The first-order valence-electron chi connectivity index (χ1n) is 7.66. The molecular weight excluding hydrogens is 310 g/mol. The number of carbonyl (C=O) groups is 3. The van der Waals surface area contributed by atoms with Crippen molar-refractivity contribution < 1.29 is 19.1 Å². The quantitative estimate of drug-likeness (QED) is 0.763. The number of hydrogen-bond acceptors (Lipinski definition) is 5. The number of carbonyl (C=O) groups excluding carboxylic acids is 3. The summed E-state index contributed by atoms with van der Waals surface area (Å²) < 4.78 is 5.07. The SMILES string of the molecule is CN(Cc1ccccc1C(=O)CN)C(=O)CNC(=O)OC(C)(C)C. The zero-order valence-corrected chi connectivity index (χ0v) is 14.6. The topological polar surface area (TPSA) is 102 Å². The molecule has 2 amide bonds. The summed E-state index contributed by atoms with van der Waals surface area (Å²) in [6.45, 7) is 5.20. The van der Waals surface area contributed by atoms with Gasteiger partial charge in [0.2, 0.25) is 5.91 Å². The molecule has 0 bridgehead atoms. The Kier molecular flexibility index (Phi) is 6.91. The lowest BCUT2D eigenvalue weighted by atomic mass is 10.0. The van der Waals surface area contributed by atoms with Crippen molar-refractivity contribution in [2.75, 3.05) is 20.1 Å². The molecule has 0 radical (unpaired) electrons. The molecule has 7 nitrogen and oxygen atoms in total. The highest BCUT2D eigenvalue weighted by Crippen LogP contribution is 2.12. The highest BCUT2D eigenvalue weighted by atomic mass is 16.6. The molecular formula is C17H25N3O4. The van der Waals surface area contributed by atoms with E-state index in [1.807, 2.05) is 0 Å². The van der Waals surface area contributed by atoms with Crippen molar-refractivity contribution in [2.45, 2.75) is 32.9 Å². The van der Waals surface area contributed by atoms with Gasteiger partial charge >= 0.3 is 6.09 Å². The molecule has 7 heteroatoms. The number of benzene rings is 1. The molecule has 0 unspecified atom stereocenters. The minimum atomic E-state index is -0.650. The van der Waals surface area contributed by atoms with Gasteiger partial charge in [-0.2, -0.15) is 0 Å². The summed E-state index contributed by atoms with van der Waals surface area (Å²) in [5.41, 5.74) is 5.99. The second-order valence-corrected chi connectivity index (χ2v) is 6.39. The van der Waals surface area contributed by atoms with Gasteiger partial charge in [0.1, 0.15) is 12.1 Å². The first kappa shape index (κ1) is 19.6. The molecule has 132 valence electrons. The predicted molar refractivity (Wildman–Crippen MR) is 90.5 cm³/mol. The first-order chi connectivity index (χ1) is 11.1. The summed E-state index contributed by atoms with van der Waals surface area (Å²) in [6.07, 6.45) is -0.650. The van der Waals surface area contributed by atoms with E-state index in [4.69, 9.17) is 10.5 Å². The number of nitrogens with zero attached hydrogens (tertiary/aromatic N) is 1. The number of nitrogens with one attached hydrogen (secondary N) is 1. The van der Waals surface area contributed by atoms with Crippen LogP contribution in [0.1, 0.15) is 36.7 Å². The van der Waals surface area contributed by atoms with Crippen LogP contribution in [0.3, 0.4) is 0 Å². The molecule has 0 spiro atoms. The third-order valence-electron chi connectivity index (χ3n) is 3.12. The Hall–Kier alpha value is -2.41. The van der Waals surface area contributed by atoms with Gasteiger partial charge < -0.3 is 20.7 Å². The number of Topliss-reactive ketones (excluding diaryl/α,β-unsaturated/α-hetero) is 1. The van der Waals surface area contributed by atoms with E-state index in [2.05, 4.69) is 5.32 Å². The second kappa shape index (κ2) is 8.44. The number of nitrogens with two attached hydrogens (primary N) is 1. The molecule has 0 fully saturated rings. The van der Waals surface area contributed by atoms with Crippen LogP contribution in [0.15, 0.2) is 24.3 Å². The van der Waals surface area contributed by atoms with Crippen LogP contribution >= 0.6 is 0 Å². The summed E-state index contributed by atoms with van der Waals surface area (Å²) in [7, 11) is 1.60. The molecule has 24 heavy (non-hydrogen) atoms. The Labute approximate surface area is 142 Å². The Morgan fingerprint density at radius 1 is 1.21 bits per heavy atom. The number of amides is 2. The number of alkyl carbamates (subject to hydrolysis) is 1. The number of likely N-dealkylation sites (N-methyl/N-ethyl adjacent to an activating group) is 1. The van der Waals surface area contributed by atoms with Crippen molar-refractivity contribution in [1.82, 2.24) is 10.2 Å². The fraction of sp³-hybridized carbons (Fsp3) is 0.471. The summed E-state index contributed by atoms with van der Waals surface area (Å²) >= 11 is 0. The summed E-state index contributed by atoms with van der Waals surface area (Å²) in [6, 6.07) is 6.99. The maximum absolute atomic E-state index is 12.1. The fourth-order valence-corrected chi connectivity index (χ4v) is 1.98. The maximum Gasteiger partial charge on any atom is 0.408 e. The lowest BCUT2D eigenvalue weighted by molar-refractivity contribution is -0.129. The van der Waals surface area contributed by atoms with E-state index in [0.717, 1.165) is 0 Å². The smallest absolute Gasteiger partial charge is 0.408 e. The van der Waals surface area contributed by atoms with E-state index in [1.54, 1.807) is 52.1 Å². The van der Waals surface area contributed by atoms with Crippen molar-refractivity contribution in [2.24, 2.45) is 5.73 Å². The van der Waals surface area contributed by atoms with Gasteiger partial charge in [-0.05, 0) is 26.3 Å². The van der Waals surface area contributed by atoms with Crippen molar-refractivity contribution in [3.05, 3.63) is 35.4 Å². The van der Waals surface area contributed by atoms with E-state index in [9.17, 15) is 14.4 Å². The number of rotatable bonds is 6. The molecule has 0 atom stereocenters. The van der Waals surface area contributed by atoms with Gasteiger partial charge in [0.25, 0.3) is 0 Å². The molecule has 1 aromatic carbocycles. The largest absolute Gasteiger partial charge is 0.444 e. The fourth-order valence-electron chi connectivity index (χ4n) is 1.98. The van der Waals surface area contributed by atoms with Crippen molar-refractivity contribution >= 4 is 17.8 Å². The van der Waals surface area contributed by atoms with Gasteiger partial charge in [-0.3, -0.25) is 9.59 Å². The third kappa shape index (κ3) is 6.37. The Morgan fingerprint density at radius 3 is 2.42 bits per heavy atom. The molecule has 0 aliphatic rings. The molecule has 1 aromatic rings. The number of hydrogen-bond donors (Lipinski definition) is 2. The highest BCUT2D eigenvalue weighted by Gasteiger charge is 2.18. The number of ether oxygens (including phenoxy) is 1. The van der Waals surface area contributed by atoms with E-state index in [0.29, 0.717) is 11.1 Å². The lowest BCUT2D eigenvalue weighted by Crippen LogP contribution is -2.40. The highest BCUT2D eigenvalue weighted by molar-refractivity contribution is 5.98. The molecule has 0 aliphatic carbocycles. The average Bonchev–Trinajstić information content (AvgIpc) is 2.50. The maximum atomic E-state index is 12.1. The molecule has 0 heterocycles. The lowest BCUT2D eigenvalue weighted by Gasteiger charge is -2.21. The zero-order valence-electron chi connectivity index (χ0n) is 14.6. The summed E-state index contributed by atoms with van der Waals surface area (Å²) in [5, 5.41) is 2.41. The van der Waals surface area contributed by atoms with Gasteiger partial charge in [0.15, 0.2) is 5.78 Å². The normalized spacial score (nSPS) is 10.9. The monoisotopic (exact) mass is 335 g/mol. The van der Waals surface area contributed by atoms with Crippen LogP contribution < -0.4 is 11.1 Å². The third-order valence-corrected chi connectivity index (χ3v) is 3.12. The molecule has 0 saturated heterocycles.